The number of ketones is 1. The highest BCUT2D eigenvalue weighted by atomic mass is 16.5. The van der Waals surface area contributed by atoms with E-state index in [0.29, 0.717) is 35.0 Å². The van der Waals surface area contributed by atoms with Gasteiger partial charge in [0.1, 0.15) is 12.3 Å². The van der Waals surface area contributed by atoms with Gasteiger partial charge in [-0.05, 0) is 112 Å². The Labute approximate surface area is 370 Å². The molecule has 0 N–H and O–H groups in total. The van der Waals surface area contributed by atoms with E-state index in [0.717, 1.165) is 76.2 Å². The van der Waals surface area contributed by atoms with Gasteiger partial charge in [0.05, 0.1) is 39.8 Å². The number of allylic oxidation sites excluding steroid dienone is 12. The minimum atomic E-state index is -0.977. The highest BCUT2D eigenvalue weighted by molar-refractivity contribution is 6.53. The Morgan fingerprint density at radius 3 is 2.13 bits per heavy atom. The molecule has 330 valence electrons. The first-order chi connectivity index (χ1) is 29.6. The van der Waals surface area contributed by atoms with Crippen LogP contribution in [0.5, 0.6) is 0 Å². The predicted molar refractivity (Wildman–Crippen MR) is 252 cm³/mol. The first kappa shape index (κ1) is 46.5. The first-order valence-corrected chi connectivity index (χ1v) is 23.2. The molecule has 0 aromatic heterocycles. The van der Waals surface area contributed by atoms with Crippen molar-refractivity contribution in [2.45, 2.75) is 146 Å². The normalized spacial score (nSPS) is 22.1. The standard InChI is InChI=1S/C53H68N4O5/c1-12-38-34(8)41-27-43-36(10)40(23-24-47(58)61-26-25-33(7)22-16-21-32(6)20-15-19-31(5)18-14-17-30(3)4)49(56-43)48-50-52(62-53(60)51(48)59)37(11)44(57-50)29-46-39(13-2)35(9)42(55-46)28-45(38)54-41/h12,25,27-32,36,40H,1,13-24,26H2,2-11H3/t31-,32-,36+,40+/m1/s1. The Balaban J connectivity index is 1.17. The molecule has 0 aromatic rings. The summed E-state index contributed by atoms with van der Waals surface area (Å²) >= 11 is 0. The van der Waals surface area contributed by atoms with Crippen LogP contribution in [-0.2, 0) is 23.9 Å². The largest absolute Gasteiger partial charge is 0.461 e. The molecule has 4 atom stereocenters. The van der Waals surface area contributed by atoms with Gasteiger partial charge in [-0.1, -0.05) is 105 Å². The van der Waals surface area contributed by atoms with Crippen LogP contribution in [0.3, 0.4) is 0 Å². The number of Topliss-reactive ketones (excluding diaryl/α,β-unsaturated/α-hetero) is 1. The lowest BCUT2D eigenvalue weighted by Gasteiger charge is -2.22. The van der Waals surface area contributed by atoms with Gasteiger partial charge in [-0.2, -0.15) is 0 Å². The third kappa shape index (κ3) is 10.4. The van der Waals surface area contributed by atoms with Gasteiger partial charge >= 0.3 is 11.9 Å². The summed E-state index contributed by atoms with van der Waals surface area (Å²) in [5.74, 6) is -0.123. The van der Waals surface area contributed by atoms with Crippen molar-refractivity contribution in [2.75, 3.05) is 6.61 Å². The molecule has 6 heterocycles. The molecular weight excluding hydrogens is 773 g/mol. The summed E-state index contributed by atoms with van der Waals surface area (Å²) in [5.41, 5.74) is 11.0. The summed E-state index contributed by atoms with van der Waals surface area (Å²) in [6.07, 6.45) is 22.2. The molecule has 8 bridgehead atoms. The Kier molecular flexibility index (Phi) is 15.3. The number of hydrogen-bond acceptors (Lipinski definition) is 9. The second-order valence-electron chi connectivity index (χ2n) is 18.7. The van der Waals surface area contributed by atoms with Crippen molar-refractivity contribution in [2.24, 2.45) is 49.6 Å². The molecule has 1 fully saturated rings. The van der Waals surface area contributed by atoms with E-state index in [4.69, 9.17) is 29.4 Å². The molecule has 6 aliphatic rings. The molecule has 0 aromatic carbocycles. The molecule has 0 unspecified atom stereocenters. The maximum Gasteiger partial charge on any atom is 0.385 e. The second-order valence-corrected chi connectivity index (χ2v) is 18.7. The highest BCUT2D eigenvalue weighted by Crippen LogP contribution is 2.43. The van der Waals surface area contributed by atoms with E-state index in [2.05, 4.69) is 55.0 Å². The van der Waals surface area contributed by atoms with Gasteiger partial charge in [-0.3, -0.25) is 14.6 Å². The molecule has 62 heavy (non-hydrogen) atoms. The molecule has 9 heteroatoms. The molecule has 0 radical (unpaired) electrons. The number of carbonyl (C=O) groups is 3. The summed E-state index contributed by atoms with van der Waals surface area (Å²) in [5, 5.41) is 0. The predicted octanol–water partition coefficient (Wildman–Crippen LogP) is 12.3. The summed E-state index contributed by atoms with van der Waals surface area (Å²) in [6, 6.07) is 0. The van der Waals surface area contributed by atoms with Gasteiger partial charge in [-0.25, -0.2) is 19.8 Å². The van der Waals surface area contributed by atoms with Gasteiger partial charge in [-0.15, -0.1) is 0 Å². The van der Waals surface area contributed by atoms with Gasteiger partial charge in [0.25, 0.3) is 5.78 Å². The van der Waals surface area contributed by atoms with E-state index in [1.54, 1.807) is 0 Å². The summed E-state index contributed by atoms with van der Waals surface area (Å²) < 4.78 is 11.4. The minimum Gasteiger partial charge on any atom is -0.461 e. The third-order valence-electron chi connectivity index (χ3n) is 13.5. The van der Waals surface area contributed by atoms with Crippen LogP contribution in [0.4, 0.5) is 0 Å². The van der Waals surface area contributed by atoms with Crippen LogP contribution in [-0.4, -0.2) is 47.2 Å². The Hall–Kier alpha value is -5.05. The molecule has 6 aliphatic heterocycles. The number of fused-ring (bicyclic) bond motifs is 4. The van der Waals surface area contributed by atoms with Crippen molar-refractivity contribution in [1.29, 1.82) is 0 Å². The zero-order valence-corrected chi connectivity index (χ0v) is 39.0. The molecule has 9 nitrogen and oxygen atoms in total. The average Bonchev–Trinajstić information content (AvgIpc) is 3.90. The summed E-state index contributed by atoms with van der Waals surface area (Å²) in [7, 11) is 0. The van der Waals surface area contributed by atoms with E-state index in [1.165, 1.54) is 50.5 Å². The van der Waals surface area contributed by atoms with E-state index in [-0.39, 0.29) is 47.9 Å². The minimum absolute atomic E-state index is 0.116. The maximum atomic E-state index is 13.9. The van der Waals surface area contributed by atoms with Crippen molar-refractivity contribution in [3.05, 3.63) is 105 Å². The van der Waals surface area contributed by atoms with E-state index in [9.17, 15) is 14.4 Å². The van der Waals surface area contributed by atoms with Crippen molar-refractivity contribution >= 4 is 40.6 Å². The number of nitrogens with zero attached hydrogens (tertiary/aromatic N) is 4. The van der Waals surface area contributed by atoms with Crippen molar-refractivity contribution < 1.29 is 23.9 Å². The van der Waals surface area contributed by atoms with E-state index in [1.807, 2.05) is 51.2 Å². The molecule has 0 saturated carbocycles. The van der Waals surface area contributed by atoms with Crippen LogP contribution in [0.25, 0.3) is 0 Å². The Bertz CT molecular complexity index is 2280. The van der Waals surface area contributed by atoms with Crippen LogP contribution in [0.1, 0.15) is 146 Å². The molecule has 0 aliphatic carbocycles. The first-order valence-electron chi connectivity index (χ1n) is 23.2. The zero-order chi connectivity index (χ0) is 44.8. The monoisotopic (exact) mass is 841 g/mol. The lowest BCUT2D eigenvalue weighted by molar-refractivity contribution is -0.149. The molecular formula is C53H68N4O5. The maximum absolute atomic E-state index is 13.9. The number of esters is 2. The quantitative estimate of drug-likeness (QED) is 0.0729. The lowest BCUT2D eigenvalue weighted by Crippen LogP contribution is -2.33. The van der Waals surface area contributed by atoms with Crippen molar-refractivity contribution in [1.82, 2.24) is 0 Å². The van der Waals surface area contributed by atoms with E-state index >= 15 is 0 Å². The molecule has 0 amide bonds. The van der Waals surface area contributed by atoms with Crippen LogP contribution >= 0.6 is 0 Å². The number of hydrogen-bond donors (Lipinski definition) is 0. The Morgan fingerprint density at radius 2 is 1.45 bits per heavy atom. The molecule has 1 saturated heterocycles. The van der Waals surface area contributed by atoms with Gasteiger partial charge < -0.3 is 9.47 Å². The topological polar surface area (TPSA) is 119 Å². The number of aliphatic imine (C=N–C) groups is 4. The number of carbonyl (C=O) groups excluding carboxylic acids is 3. The van der Waals surface area contributed by atoms with Crippen LogP contribution in [0.15, 0.2) is 124 Å². The fourth-order valence-corrected chi connectivity index (χ4v) is 9.41. The van der Waals surface area contributed by atoms with Crippen LogP contribution in [0.2, 0.25) is 0 Å². The van der Waals surface area contributed by atoms with Gasteiger partial charge in [0, 0.05) is 35.1 Å². The Morgan fingerprint density at radius 1 is 0.823 bits per heavy atom. The van der Waals surface area contributed by atoms with Crippen molar-refractivity contribution in [3.63, 3.8) is 0 Å². The SMILES string of the molecule is C=CC1=C(C)C2=CC3=NC(=C4C(=O)C(=O)OC5=C(C)C(=CC6=NC(=CC1=N2)C(C)=C6CC)N=C54)[C@@H](CCC(=O)OCC=C(C)CCC[C@H](C)CCC[C@H](C)CCCC(C)C)[C@@H]3C. The average molecular weight is 841 g/mol. The number of rotatable bonds is 19. The highest BCUT2D eigenvalue weighted by Gasteiger charge is 2.45. The second kappa shape index (κ2) is 20.4. The third-order valence-corrected chi connectivity index (χ3v) is 13.5. The van der Waals surface area contributed by atoms with E-state index < -0.39 is 11.8 Å². The van der Waals surface area contributed by atoms with Gasteiger partial charge in [0.15, 0.2) is 5.76 Å². The summed E-state index contributed by atoms with van der Waals surface area (Å²) in [4.78, 5) is 60.6. The van der Waals surface area contributed by atoms with Crippen molar-refractivity contribution in [3.8, 4) is 0 Å². The zero-order valence-electron chi connectivity index (χ0n) is 39.0. The summed E-state index contributed by atoms with van der Waals surface area (Å²) in [6.45, 7) is 25.8. The number of ether oxygens (including phenoxy) is 2. The van der Waals surface area contributed by atoms with Gasteiger partial charge in [0.2, 0.25) is 0 Å². The smallest absolute Gasteiger partial charge is 0.385 e. The van der Waals surface area contributed by atoms with Crippen LogP contribution in [0, 0.1) is 29.6 Å². The van der Waals surface area contributed by atoms with Crippen LogP contribution < -0.4 is 0 Å². The lowest BCUT2D eigenvalue weighted by atomic mass is 9.83. The fourth-order valence-electron chi connectivity index (χ4n) is 9.41. The molecule has 0 spiro atoms. The molecule has 6 rings (SSSR count). The fraction of sp³-hybridized carbons (Fsp3) is 0.528.